The summed E-state index contributed by atoms with van der Waals surface area (Å²) in [6.45, 7) is 1.58. The van der Waals surface area contributed by atoms with Crippen LogP contribution in [0, 0.1) is 11.6 Å². The average Bonchev–Trinajstić information content (AvgIpc) is 3.15. The van der Waals surface area contributed by atoms with Crippen LogP contribution in [0.25, 0.3) is 0 Å². The Morgan fingerprint density at radius 1 is 1.20 bits per heavy atom. The van der Waals surface area contributed by atoms with Crippen molar-refractivity contribution in [3.63, 3.8) is 0 Å². The number of methoxy groups -OCH3 is 2. The van der Waals surface area contributed by atoms with Gasteiger partial charge in [0.1, 0.15) is 29.6 Å². The first-order valence-electron chi connectivity index (χ1n) is 9.15. The molecule has 0 aliphatic carbocycles. The lowest BCUT2D eigenvalue weighted by atomic mass is 10.1. The molecule has 0 fully saturated rings. The number of rotatable bonds is 8. The van der Waals surface area contributed by atoms with Gasteiger partial charge in [-0.3, -0.25) is 4.79 Å². The largest absolute Gasteiger partial charge is 0.372 e. The van der Waals surface area contributed by atoms with E-state index >= 15 is 0 Å². The number of hydrogen-bond acceptors (Lipinski definition) is 6. The van der Waals surface area contributed by atoms with Gasteiger partial charge in [-0.1, -0.05) is 42.1 Å². The molecule has 0 radical (unpaired) electrons. The van der Waals surface area contributed by atoms with Gasteiger partial charge in [0, 0.05) is 19.8 Å². The van der Waals surface area contributed by atoms with Crippen LogP contribution in [-0.4, -0.2) is 49.7 Å². The van der Waals surface area contributed by atoms with E-state index in [1.54, 1.807) is 6.92 Å². The normalized spacial score (nSPS) is 19.6. The summed E-state index contributed by atoms with van der Waals surface area (Å²) in [5, 5.41) is 5.79. The van der Waals surface area contributed by atoms with E-state index < -0.39 is 28.5 Å². The second-order valence-corrected chi connectivity index (χ2v) is 7.83. The van der Waals surface area contributed by atoms with E-state index in [0.717, 1.165) is 30.0 Å². The Hall–Kier alpha value is -2.33. The lowest BCUT2D eigenvalue weighted by molar-refractivity contribution is -0.148. The predicted octanol–water partition coefficient (Wildman–Crippen LogP) is 3.71. The van der Waals surface area contributed by atoms with Gasteiger partial charge in [-0.2, -0.15) is 5.10 Å². The van der Waals surface area contributed by atoms with Crippen LogP contribution in [-0.2, 0) is 23.9 Å². The van der Waals surface area contributed by atoms with Gasteiger partial charge < -0.3 is 14.2 Å². The molecule has 2 atom stereocenters. The lowest BCUT2D eigenvalue weighted by Crippen LogP contribution is -2.48. The van der Waals surface area contributed by atoms with Gasteiger partial charge in [0.15, 0.2) is 4.87 Å². The molecule has 160 valence electrons. The number of nitrogens with zero attached hydrogens (tertiary/aromatic N) is 2. The van der Waals surface area contributed by atoms with E-state index in [4.69, 9.17) is 14.2 Å². The summed E-state index contributed by atoms with van der Waals surface area (Å²) in [5.74, 6) is -1.69. The van der Waals surface area contributed by atoms with Gasteiger partial charge in [0.2, 0.25) is 0 Å². The number of halogens is 2. The van der Waals surface area contributed by atoms with Crippen molar-refractivity contribution in [2.24, 2.45) is 5.10 Å². The molecule has 1 aliphatic heterocycles. The fraction of sp³-hybridized carbons (Fsp3) is 0.333. The van der Waals surface area contributed by atoms with E-state index in [0.29, 0.717) is 5.56 Å². The summed E-state index contributed by atoms with van der Waals surface area (Å²) in [4.78, 5) is 12.0. The number of carbonyl (C=O) groups is 1. The third kappa shape index (κ3) is 4.39. The quantitative estimate of drug-likeness (QED) is 0.466. The van der Waals surface area contributed by atoms with Crippen molar-refractivity contribution >= 4 is 22.7 Å². The van der Waals surface area contributed by atoms with Crippen LogP contribution in [0.15, 0.2) is 53.6 Å². The maximum Gasteiger partial charge on any atom is 0.273 e. The molecule has 1 aliphatic rings. The summed E-state index contributed by atoms with van der Waals surface area (Å²) in [7, 11) is 2.89. The van der Waals surface area contributed by atoms with Gasteiger partial charge in [-0.05, 0) is 30.7 Å². The lowest BCUT2D eigenvalue weighted by Gasteiger charge is -2.36. The van der Waals surface area contributed by atoms with E-state index in [-0.39, 0.29) is 24.0 Å². The molecule has 3 rings (SSSR count). The molecular formula is C21H22F2N2O4S. The van der Waals surface area contributed by atoms with Crippen LogP contribution in [0.2, 0.25) is 0 Å². The molecule has 9 heteroatoms. The summed E-state index contributed by atoms with van der Waals surface area (Å²) in [6, 6.07) is 12.2. The summed E-state index contributed by atoms with van der Waals surface area (Å²) >= 11 is 1.11. The molecule has 6 nitrogen and oxygen atoms in total. The topological polar surface area (TPSA) is 60.4 Å². The monoisotopic (exact) mass is 436 g/mol. The Morgan fingerprint density at radius 3 is 2.60 bits per heavy atom. The number of hydrogen-bond donors (Lipinski definition) is 0. The third-order valence-corrected chi connectivity index (χ3v) is 5.95. The minimum absolute atomic E-state index is 0.00162. The molecule has 1 amide bonds. The fourth-order valence-electron chi connectivity index (χ4n) is 2.98. The zero-order chi connectivity index (χ0) is 21.7. The van der Waals surface area contributed by atoms with E-state index in [1.165, 1.54) is 19.2 Å². The van der Waals surface area contributed by atoms with Gasteiger partial charge in [0.25, 0.3) is 5.91 Å². The number of thioether (sulfide) groups is 1. The van der Waals surface area contributed by atoms with E-state index in [2.05, 4.69) is 5.10 Å². The molecule has 1 heterocycles. The average molecular weight is 436 g/mol. The SMILES string of the molecule is COCOC[C@@]1(c2ccccc2)SC(c2cc(F)ccc2F)=NN1C(=O)C(C)OC. The summed E-state index contributed by atoms with van der Waals surface area (Å²) < 4.78 is 44.1. The number of carbonyl (C=O) groups excluding carboxylic acids is 1. The van der Waals surface area contributed by atoms with Crippen LogP contribution in [0.1, 0.15) is 18.1 Å². The Morgan fingerprint density at radius 2 is 1.93 bits per heavy atom. The smallest absolute Gasteiger partial charge is 0.273 e. The number of hydrazone groups is 1. The van der Waals surface area contributed by atoms with Gasteiger partial charge in [-0.15, -0.1) is 0 Å². The third-order valence-electron chi connectivity index (χ3n) is 4.59. The minimum Gasteiger partial charge on any atom is -0.372 e. The molecular weight excluding hydrogens is 414 g/mol. The number of benzene rings is 2. The van der Waals surface area contributed by atoms with Crippen molar-refractivity contribution in [2.45, 2.75) is 17.9 Å². The number of amides is 1. The molecule has 2 aromatic rings. The second-order valence-electron chi connectivity index (χ2n) is 6.56. The Bertz CT molecular complexity index is 928. The molecule has 0 aromatic heterocycles. The predicted molar refractivity (Wildman–Crippen MR) is 110 cm³/mol. The maximum atomic E-state index is 14.5. The zero-order valence-electron chi connectivity index (χ0n) is 16.8. The first kappa shape index (κ1) is 22.4. The van der Waals surface area contributed by atoms with E-state index in [1.807, 2.05) is 30.3 Å². The molecule has 0 bridgehead atoms. The van der Waals surface area contributed by atoms with Crippen molar-refractivity contribution in [1.29, 1.82) is 0 Å². The summed E-state index contributed by atoms with van der Waals surface area (Å²) in [5.41, 5.74) is 0.672. The Balaban J connectivity index is 2.13. The van der Waals surface area contributed by atoms with Crippen molar-refractivity contribution in [2.75, 3.05) is 27.6 Å². The molecule has 0 spiro atoms. The molecule has 0 N–H and O–H groups in total. The Labute approximate surface area is 177 Å². The fourth-order valence-corrected chi connectivity index (χ4v) is 4.30. The Kier molecular flexibility index (Phi) is 7.19. The highest BCUT2D eigenvalue weighted by Crippen LogP contribution is 2.48. The van der Waals surface area contributed by atoms with Crippen molar-refractivity contribution < 1.29 is 27.8 Å². The van der Waals surface area contributed by atoms with Crippen LogP contribution in [0.4, 0.5) is 8.78 Å². The van der Waals surface area contributed by atoms with Crippen LogP contribution >= 0.6 is 11.8 Å². The molecule has 2 aromatic carbocycles. The van der Waals surface area contributed by atoms with Gasteiger partial charge in [0.05, 0.1) is 6.61 Å². The van der Waals surface area contributed by atoms with Gasteiger partial charge >= 0.3 is 0 Å². The van der Waals surface area contributed by atoms with Crippen LogP contribution in [0.5, 0.6) is 0 Å². The highest BCUT2D eigenvalue weighted by Gasteiger charge is 2.50. The van der Waals surface area contributed by atoms with E-state index in [9.17, 15) is 13.6 Å². The molecule has 0 saturated heterocycles. The van der Waals surface area contributed by atoms with Gasteiger partial charge in [-0.25, -0.2) is 13.8 Å². The zero-order valence-corrected chi connectivity index (χ0v) is 17.6. The maximum absolute atomic E-state index is 14.5. The standard InChI is InChI=1S/C21H22F2N2O4S/c1-14(28-3)20(26)25-21(12-29-13-27-2,15-7-5-4-6-8-15)30-19(24-25)17-11-16(22)9-10-18(17)23/h4-11,14H,12-13H2,1-3H3/t14?,21-/m0/s1. The molecule has 0 saturated carbocycles. The second kappa shape index (κ2) is 9.65. The van der Waals surface area contributed by atoms with Crippen molar-refractivity contribution in [3.05, 3.63) is 71.3 Å². The first-order chi connectivity index (χ1) is 14.4. The highest BCUT2D eigenvalue weighted by atomic mass is 32.2. The minimum atomic E-state index is -1.16. The molecule has 30 heavy (non-hydrogen) atoms. The van der Waals surface area contributed by atoms with Crippen LogP contribution < -0.4 is 0 Å². The summed E-state index contributed by atoms with van der Waals surface area (Å²) in [6.07, 6.45) is -0.809. The van der Waals surface area contributed by atoms with Crippen molar-refractivity contribution in [3.8, 4) is 0 Å². The number of ether oxygens (including phenoxy) is 3. The highest BCUT2D eigenvalue weighted by molar-refractivity contribution is 8.15. The molecule has 1 unspecified atom stereocenters. The van der Waals surface area contributed by atoms with Crippen molar-refractivity contribution in [1.82, 2.24) is 5.01 Å². The van der Waals surface area contributed by atoms with Crippen LogP contribution in [0.3, 0.4) is 0 Å². The first-order valence-corrected chi connectivity index (χ1v) is 9.96.